The van der Waals surface area contributed by atoms with Crippen molar-refractivity contribution >= 4 is 28.2 Å². The van der Waals surface area contributed by atoms with Crippen LogP contribution in [0.15, 0.2) is 35.1 Å². The lowest BCUT2D eigenvalue weighted by Gasteiger charge is -2.38. The first kappa shape index (κ1) is 21.8. The van der Waals surface area contributed by atoms with Gasteiger partial charge in [-0.25, -0.2) is 4.98 Å². The lowest BCUT2D eigenvalue weighted by Crippen LogP contribution is -2.48. The van der Waals surface area contributed by atoms with E-state index in [0.29, 0.717) is 44.5 Å². The number of aliphatic hydroxyl groups excluding tert-OH is 2. The molecule has 0 unspecified atom stereocenters. The summed E-state index contributed by atoms with van der Waals surface area (Å²) in [4.78, 5) is 25.0. The number of nitrogens with zero attached hydrogens (tertiary/aromatic N) is 3. The van der Waals surface area contributed by atoms with Crippen molar-refractivity contribution in [1.29, 1.82) is 0 Å². The molecule has 164 valence electrons. The molecule has 8 heteroatoms. The van der Waals surface area contributed by atoms with Gasteiger partial charge in [-0.15, -0.1) is 0 Å². The Morgan fingerprint density at radius 3 is 2.45 bits per heavy atom. The SMILES string of the molecule is CC(C)N1CCN(c2cc(Cl)cc(-c3nc4cc(CO)cc(CO)c4c(=O)[nH]3)c2)CC1. The Kier molecular flexibility index (Phi) is 6.29. The second-order valence-electron chi connectivity index (χ2n) is 8.19. The molecule has 3 aromatic rings. The third kappa shape index (κ3) is 4.45. The van der Waals surface area contributed by atoms with Crippen molar-refractivity contribution in [2.24, 2.45) is 0 Å². The average Bonchev–Trinajstić information content (AvgIpc) is 2.77. The zero-order valence-corrected chi connectivity index (χ0v) is 18.5. The van der Waals surface area contributed by atoms with Crippen LogP contribution in [0.4, 0.5) is 5.69 Å². The van der Waals surface area contributed by atoms with E-state index in [1.165, 1.54) is 0 Å². The van der Waals surface area contributed by atoms with E-state index in [1.807, 2.05) is 12.1 Å². The summed E-state index contributed by atoms with van der Waals surface area (Å²) in [6.45, 7) is 7.68. The van der Waals surface area contributed by atoms with Gasteiger partial charge in [0.2, 0.25) is 0 Å². The van der Waals surface area contributed by atoms with Gasteiger partial charge in [0.1, 0.15) is 5.82 Å². The molecule has 0 bridgehead atoms. The second kappa shape index (κ2) is 8.96. The Hall–Kier alpha value is -2.45. The normalized spacial score (nSPS) is 15.2. The van der Waals surface area contributed by atoms with Crippen molar-refractivity contribution in [1.82, 2.24) is 14.9 Å². The Bertz CT molecular complexity index is 1150. The van der Waals surface area contributed by atoms with Crippen LogP contribution >= 0.6 is 11.6 Å². The number of piperazine rings is 1. The summed E-state index contributed by atoms with van der Waals surface area (Å²) >= 11 is 6.43. The highest BCUT2D eigenvalue weighted by atomic mass is 35.5. The van der Waals surface area contributed by atoms with Crippen LogP contribution in [-0.2, 0) is 13.2 Å². The molecular weight excluding hydrogens is 416 g/mol. The number of aromatic amines is 1. The van der Waals surface area contributed by atoms with Crippen LogP contribution in [0.25, 0.3) is 22.3 Å². The summed E-state index contributed by atoms with van der Waals surface area (Å²) in [5, 5.41) is 20.1. The van der Waals surface area contributed by atoms with Gasteiger partial charge in [-0.05, 0) is 49.2 Å². The van der Waals surface area contributed by atoms with Crippen LogP contribution in [-0.4, -0.2) is 57.3 Å². The first-order valence-electron chi connectivity index (χ1n) is 10.5. The third-order valence-electron chi connectivity index (χ3n) is 5.87. The Labute approximate surface area is 185 Å². The van der Waals surface area contributed by atoms with Crippen LogP contribution in [0.1, 0.15) is 25.0 Å². The minimum atomic E-state index is -0.333. The molecule has 0 spiro atoms. The average molecular weight is 443 g/mol. The molecule has 1 saturated heterocycles. The van der Waals surface area contributed by atoms with Crippen molar-refractivity contribution in [3.63, 3.8) is 0 Å². The van der Waals surface area contributed by atoms with E-state index in [1.54, 1.807) is 18.2 Å². The van der Waals surface area contributed by atoms with Gasteiger partial charge in [-0.1, -0.05) is 17.7 Å². The first-order chi connectivity index (χ1) is 14.9. The van der Waals surface area contributed by atoms with E-state index in [4.69, 9.17) is 11.6 Å². The quantitative estimate of drug-likeness (QED) is 0.562. The van der Waals surface area contributed by atoms with Gasteiger partial charge in [0.05, 0.1) is 24.1 Å². The molecule has 2 heterocycles. The standard InChI is InChI=1S/C23H27ClN4O3/c1-14(2)27-3-5-28(6-4-27)19-10-16(9-18(24)11-19)22-25-20-8-15(12-29)7-17(13-30)21(20)23(31)26-22/h7-11,14,29-30H,3-6,12-13H2,1-2H3,(H,25,26,31). The Balaban J connectivity index is 1.74. The minimum absolute atomic E-state index is 0.198. The molecule has 3 N–H and O–H groups in total. The number of fused-ring (bicyclic) bond motifs is 1. The molecule has 7 nitrogen and oxygen atoms in total. The molecule has 2 aromatic carbocycles. The number of benzene rings is 2. The Morgan fingerprint density at radius 1 is 1.06 bits per heavy atom. The van der Waals surface area contributed by atoms with Gasteiger partial charge in [-0.3, -0.25) is 9.69 Å². The summed E-state index contributed by atoms with van der Waals surface area (Å²) in [6.07, 6.45) is 0. The lowest BCUT2D eigenvalue weighted by molar-refractivity contribution is 0.209. The molecule has 1 aromatic heterocycles. The van der Waals surface area contributed by atoms with Gasteiger partial charge < -0.3 is 20.1 Å². The molecule has 4 rings (SSSR count). The van der Waals surface area contributed by atoms with Gasteiger partial charge >= 0.3 is 0 Å². The van der Waals surface area contributed by atoms with E-state index in [9.17, 15) is 15.0 Å². The molecule has 0 amide bonds. The predicted molar refractivity (Wildman–Crippen MR) is 124 cm³/mol. The van der Waals surface area contributed by atoms with Crippen LogP contribution < -0.4 is 10.5 Å². The monoisotopic (exact) mass is 442 g/mol. The van der Waals surface area contributed by atoms with E-state index in [-0.39, 0.29) is 18.8 Å². The molecule has 0 saturated carbocycles. The van der Waals surface area contributed by atoms with Crippen molar-refractivity contribution in [2.45, 2.75) is 33.1 Å². The molecule has 0 atom stereocenters. The van der Waals surface area contributed by atoms with E-state index >= 15 is 0 Å². The summed E-state index contributed by atoms with van der Waals surface area (Å²) < 4.78 is 0. The topological polar surface area (TPSA) is 92.7 Å². The zero-order chi connectivity index (χ0) is 22.1. The number of rotatable bonds is 5. The number of hydrogen-bond donors (Lipinski definition) is 3. The molecule has 31 heavy (non-hydrogen) atoms. The lowest BCUT2D eigenvalue weighted by atomic mass is 10.1. The molecule has 1 fully saturated rings. The van der Waals surface area contributed by atoms with Gasteiger partial charge in [-0.2, -0.15) is 0 Å². The second-order valence-corrected chi connectivity index (χ2v) is 8.63. The molecule has 0 aliphatic carbocycles. The highest BCUT2D eigenvalue weighted by Gasteiger charge is 2.20. The number of halogens is 1. The molecule has 1 aliphatic heterocycles. The van der Waals surface area contributed by atoms with Gasteiger partial charge in [0, 0.05) is 48.5 Å². The van der Waals surface area contributed by atoms with Crippen molar-refractivity contribution in [3.05, 3.63) is 56.8 Å². The maximum absolute atomic E-state index is 12.8. The Morgan fingerprint density at radius 2 is 1.81 bits per heavy atom. The fraction of sp³-hybridized carbons (Fsp3) is 0.391. The molecule has 0 radical (unpaired) electrons. The fourth-order valence-corrected chi connectivity index (χ4v) is 4.39. The number of aliphatic hydroxyl groups is 2. The minimum Gasteiger partial charge on any atom is -0.392 e. The first-order valence-corrected chi connectivity index (χ1v) is 10.8. The maximum atomic E-state index is 12.8. The highest BCUT2D eigenvalue weighted by Crippen LogP contribution is 2.29. The van der Waals surface area contributed by atoms with E-state index in [0.717, 1.165) is 31.9 Å². The third-order valence-corrected chi connectivity index (χ3v) is 6.09. The number of anilines is 1. The summed E-state index contributed by atoms with van der Waals surface area (Å²) in [5.74, 6) is 0.404. The van der Waals surface area contributed by atoms with Crippen molar-refractivity contribution < 1.29 is 10.2 Å². The fourth-order valence-electron chi connectivity index (χ4n) is 4.16. The summed E-state index contributed by atoms with van der Waals surface area (Å²) in [7, 11) is 0. The number of nitrogens with one attached hydrogen (secondary N) is 1. The highest BCUT2D eigenvalue weighted by molar-refractivity contribution is 6.31. The van der Waals surface area contributed by atoms with Crippen LogP contribution in [0, 0.1) is 0 Å². The van der Waals surface area contributed by atoms with Crippen molar-refractivity contribution in [3.8, 4) is 11.4 Å². The number of hydrogen-bond acceptors (Lipinski definition) is 6. The number of H-pyrrole nitrogens is 1. The predicted octanol–water partition coefficient (Wildman–Crippen LogP) is 2.76. The van der Waals surface area contributed by atoms with Crippen molar-refractivity contribution in [2.75, 3.05) is 31.1 Å². The summed E-state index contributed by atoms with van der Waals surface area (Å²) in [6, 6.07) is 9.52. The zero-order valence-electron chi connectivity index (χ0n) is 17.7. The van der Waals surface area contributed by atoms with Crippen LogP contribution in [0.5, 0.6) is 0 Å². The smallest absolute Gasteiger partial charge is 0.259 e. The van der Waals surface area contributed by atoms with Gasteiger partial charge in [0.15, 0.2) is 0 Å². The largest absolute Gasteiger partial charge is 0.392 e. The molecule has 1 aliphatic rings. The molecular formula is C23H27ClN4O3. The summed E-state index contributed by atoms with van der Waals surface area (Å²) in [5.41, 5.74) is 2.84. The van der Waals surface area contributed by atoms with E-state index in [2.05, 4.69) is 33.6 Å². The van der Waals surface area contributed by atoms with Gasteiger partial charge in [0.25, 0.3) is 5.56 Å². The van der Waals surface area contributed by atoms with E-state index < -0.39 is 0 Å². The van der Waals surface area contributed by atoms with Crippen LogP contribution in [0.2, 0.25) is 5.02 Å². The number of aromatic nitrogens is 2. The maximum Gasteiger partial charge on any atom is 0.259 e. The van der Waals surface area contributed by atoms with Crippen LogP contribution in [0.3, 0.4) is 0 Å².